The number of carbonyl (C=O) groups is 1. The summed E-state index contributed by atoms with van der Waals surface area (Å²) in [5.74, 6) is 1.11. The highest BCUT2D eigenvalue weighted by molar-refractivity contribution is 7.17. The Balaban J connectivity index is 1.78. The van der Waals surface area contributed by atoms with Crippen molar-refractivity contribution in [1.29, 1.82) is 0 Å². The van der Waals surface area contributed by atoms with E-state index in [1.807, 2.05) is 0 Å². The Morgan fingerprint density at radius 1 is 1.03 bits per heavy atom. The van der Waals surface area contributed by atoms with Crippen LogP contribution >= 0.6 is 11.3 Å². The number of nitrogens with one attached hydrogen (secondary N) is 1. The Morgan fingerprint density at radius 3 is 2.28 bits per heavy atom. The fourth-order valence-electron chi connectivity index (χ4n) is 2.81. The molecule has 1 heterocycles. The van der Waals surface area contributed by atoms with E-state index in [2.05, 4.69) is 10.3 Å². The molecule has 0 bridgehead atoms. The van der Waals surface area contributed by atoms with E-state index in [9.17, 15) is 9.18 Å². The minimum Gasteiger partial charge on any atom is -0.496 e. The third-order valence-electron chi connectivity index (χ3n) is 4.32. The van der Waals surface area contributed by atoms with Gasteiger partial charge >= 0.3 is 0 Å². The van der Waals surface area contributed by atoms with Gasteiger partial charge in [-0.2, -0.15) is 0 Å². The van der Waals surface area contributed by atoms with Crippen LogP contribution in [-0.2, 0) is 6.54 Å². The summed E-state index contributed by atoms with van der Waals surface area (Å²) in [6.07, 6.45) is 0. The summed E-state index contributed by atoms with van der Waals surface area (Å²) < 4.78 is 29.1. The number of aromatic nitrogens is 1. The molecule has 1 aromatic heterocycles. The molecule has 0 aliphatic carbocycles. The van der Waals surface area contributed by atoms with Gasteiger partial charge in [-0.15, -0.1) is 11.3 Å². The average molecular weight is 416 g/mol. The van der Waals surface area contributed by atoms with Crippen LogP contribution in [0.2, 0.25) is 0 Å². The Bertz CT molecular complexity index is 1020. The molecule has 6 nitrogen and oxygen atoms in total. The summed E-state index contributed by atoms with van der Waals surface area (Å²) in [5.41, 5.74) is 2.13. The molecule has 8 heteroatoms. The first-order valence-electron chi connectivity index (χ1n) is 8.77. The minimum absolute atomic E-state index is 0.242. The van der Waals surface area contributed by atoms with E-state index in [4.69, 9.17) is 14.2 Å². The van der Waals surface area contributed by atoms with E-state index in [0.717, 1.165) is 11.1 Å². The second-order valence-electron chi connectivity index (χ2n) is 6.14. The van der Waals surface area contributed by atoms with Gasteiger partial charge in [-0.3, -0.25) is 4.79 Å². The summed E-state index contributed by atoms with van der Waals surface area (Å²) >= 11 is 1.26. The van der Waals surface area contributed by atoms with E-state index >= 15 is 0 Å². The van der Waals surface area contributed by atoms with Gasteiger partial charge < -0.3 is 19.5 Å². The number of ether oxygens (including phenoxy) is 3. The molecule has 0 unspecified atom stereocenters. The van der Waals surface area contributed by atoms with E-state index in [1.165, 1.54) is 23.5 Å². The topological polar surface area (TPSA) is 69.7 Å². The maximum absolute atomic E-state index is 13.1. The second kappa shape index (κ2) is 8.91. The van der Waals surface area contributed by atoms with Crippen molar-refractivity contribution in [1.82, 2.24) is 10.3 Å². The summed E-state index contributed by atoms with van der Waals surface area (Å²) in [6, 6.07) is 9.50. The highest BCUT2D eigenvalue weighted by Gasteiger charge is 2.18. The average Bonchev–Trinajstić information content (AvgIpc) is 3.13. The molecule has 2 aromatic carbocycles. The third kappa shape index (κ3) is 4.48. The van der Waals surface area contributed by atoms with Crippen LogP contribution in [-0.4, -0.2) is 32.2 Å². The molecule has 0 saturated carbocycles. The summed E-state index contributed by atoms with van der Waals surface area (Å²) in [7, 11) is 4.64. The zero-order valence-corrected chi connectivity index (χ0v) is 17.4. The number of hydrogen-bond acceptors (Lipinski definition) is 6. The molecule has 0 spiro atoms. The molecule has 152 valence electrons. The number of benzene rings is 2. The number of nitrogens with zero attached hydrogens (tertiary/aromatic N) is 1. The lowest BCUT2D eigenvalue weighted by molar-refractivity contribution is 0.0954. The van der Waals surface area contributed by atoms with Gasteiger partial charge in [-0.05, 0) is 37.3 Å². The van der Waals surface area contributed by atoms with Crippen LogP contribution in [0, 0.1) is 12.7 Å². The molecule has 3 aromatic rings. The molecular formula is C21H21FN2O4S. The zero-order valence-electron chi connectivity index (χ0n) is 16.5. The zero-order chi connectivity index (χ0) is 21.0. The van der Waals surface area contributed by atoms with Crippen LogP contribution in [0.25, 0.3) is 10.6 Å². The van der Waals surface area contributed by atoms with Gasteiger partial charge in [0.2, 0.25) is 0 Å². The molecule has 1 amide bonds. The molecule has 0 aliphatic rings. The molecule has 1 N–H and O–H groups in total. The van der Waals surface area contributed by atoms with Gasteiger partial charge in [0.1, 0.15) is 21.5 Å². The smallest absolute Gasteiger partial charge is 0.263 e. The highest BCUT2D eigenvalue weighted by Crippen LogP contribution is 2.34. The molecule has 0 aliphatic heterocycles. The minimum atomic E-state index is -0.316. The fraction of sp³-hybridized carbons (Fsp3) is 0.238. The first-order valence-corrected chi connectivity index (χ1v) is 9.59. The van der Waals surface area contributed by atoms with Crippen molar-refractivity contribution in [2.75, 3.05) is 21.3 Å². The van der Waals surface area contributed by atoms with Crippen molar-refractivity contribution >= 4 is 17.2 Å². The SMILES string of the molecule is COc1cc(OC)c(OC)cc1CNC(=O)c1sc(-c2ccc(F)cc2)nc1C. The van der Waals surface area contributed by atoms with Gasteiger partial charge in [0.15, 0.2) is 11.5 Å². The first-order chi connectivity index (χ1) is 14.0. The second-order valence-corrected chi connectivity index (χ2v) is 7.14. The fourth-order valence-corrected chi connectivity index (χ4v) is 3.80. The largest absolute Gasteiger partial charge is 0.496 e. The van der Waals surface area contributed by atoms with Crippen molar-refractivity contribution in [2.45, 2.75) is 13.5 Å². The number of aryl methyl sites for hydroxylation is 1. The Labute approximate surface area is 172 Å². The molecular weight excluding hydrogens is 395 g/mol. The number of rotatable bonds is 7. The van der Waals surface area contributed by atoms with E-state index in [1.54, 1.807) is 52.5 Å². The molecule has 0 atom stereocenters. The van der Waals surface area contributed by atoms with Crippen molar-refractivity contribution in [2.24, 2.45) is 0 Å². The normalized spacial score (nSPS) is 10.5. The van der Waals surface area contributed by atoms with Crippen LogP contribution in [0.1, 0.15) is 20.9 Å². The van der Waals surface area contributed by atoms with Crippen LogP contribution in [0.3, 0.4) is 0 Å². The lowest BCUT2D eigenvalue weighted by Crippen LogP contribution is -2.23. The number of methoxy groups -OCH3 is 3. The standard InChI is InChI=1S/C21H21FN2O4S/c1-12-19(29-21(24-12)13-5-7-15(22)8-6-13)20(25)23-11-14-9-17(27-3)18(28-4)10-16(14)26-2/h5-10H,11H2,1-4H3,(H,23,25). The lowest BCUT2D eigenvalue weighted by atomic mass is 10.1. The van der Waals surface area contributed by atoms with Crippen LogP contribution in [0.15, 0.2) is 36.4 Å². The van der Waals surface area contributed by atoms with E-state index < -0.39 is 0 Å². The van der Waals surface area contributed by atoms with Crippen LogP contribution in [0.4, 0.5) is 4.39 Å². The van der Waals surface area contributed by atoms with Gasteiger partial charge in [0.25, 0.3) is 5.91 Å². The summed E-state index contributed by atoms with van der Waals surface area (Å²) in [6.45, 7) is 2.01. The first kappa shape index (κ1) is 20.6. The van der Waals surface area contributed by atoms with Gasteiger partial charge in [0.05, 0.1) is 27.0 Å². The molecule has 0 radical (unpaired) electrons. The Morgan fingerprint density at radius 2 is 1.66 bits per heavy atom. The molecule has 0 saturated heterocycles. The Kier molecular flexibility index (Phi) is 6.33. The quantitative estimate of drug-likeness (QED) is 0.625. The third-order valence-corrected chi connectivity index (χ3v) is 5.53. The molecule has 3 rings (SSSR count). The maximum Gasteiger partial charge on any atom is 0.263 e. The predicted molar refractivity (Wildman–Crippen MR) is 110 cm³/mol. The predicted octanol–water partition coefficient (Wildman–Crippen LogP) is 4.21. The van der Waals surface area contributed by atoms with Crippen molar-refractivity contribution in [3.05, 3.63) is 58.3 Å². The maximum atomic E-state index is 13.1. The van der Waals surface area contributed by atoms with E-state index in [0.29, 0.717) is 32.8 Å². The van der Waals surface area contributed by atoms with Gasteiger partial charge in [-0.1, -0.05) is 0 Å². The highest BCUT2D eigenvalue weighted by atomic mass is 32.1. The summed E-state index contributed by atoms with van der Waals surface area (Å²) in [4.78, 5) is 17.7. The number of halogens is 1. The van der Waals surface area contributed by atoms with Gasteiger partial charge in [-0.25, -0.2) is 9.37 Å². The van der Waals surface area contributed by atoms with Gasteiger partial charge in [0, 0.05) is 23.7 Å². The summed E-state index contributed by atoms with van der Waals surface area (Å²) in [5, 5.41) is 3.55. The van der Waals surface area contributed by atoms with Crippen molar-refractivity contribution < 1.29 is 23.4 Å². The number of amides is 1. The van der Waals surface area contributed by atoms with E-state index in [-0.39, 0.29) is 18.3 Å². The van der Waals surface area contributed by atoms with Crippen molar-refractivity contribution in [3.8, 4) is 27.8 Å². The lowest BCUT2D eigenvalue weighted by Gasteiger charge is -2.14. The van der Waals surface area contributed by atoms with Crippen LogP contribution in [0.5, 0.6) is 17.2 Å². The monoisotopic (exact) mass is 416 g/mol. The Hall–Kier alpha value is -3.13. The van der Waals surface area contributed by atoms with Crippen LogP contribution < -0.4 is 19.5 Å². The van der Waals surface area contributed by atoms with Crippen molar-refractivity contribution in [3.63, 3.8) is 0 Å². The number of carbonyl (C=O) groups excluding carboxylic acids is 1. The number of thiazole rings is 1. The number of hydrogen-bond donors (Lipinski definition) is 1. The molecule has 29 heavy (non-hydrogen) atoms. The molecule has 0 fully saturated rings.